The van der Waals surface area contributed by atoms with Crippen molar-refractivity contribution >= 4 is 23.2 Å². The van der Waals surface area contributed by atoms with Crippen LogP contribution in [0.1, 0.15) is 38.6 Å². The lowest BCUT2D eigenvalue weighted by molar-refractivity contribution is 0.0891. The van der Waals surface area contributed by atoms with E-state index in [4.69, 9.17) is 30.5 Å². The van der Waals surface area contributed by atoms with Crippen LogP contribution in [0.15, 0.2) is 60.7 Å². The zero-order valence-corrected chi connectivity index (χ0v) is 18.3. The maximum atomic E-state index is 13.5. The fraction of sp³-hybridized carbons (Fsp3) is 0.200. The predicted octanol–water partition coefficient (Wildman–Crippen LogP) is 5.33. The highest BCUT2D eigenvalue weighted by atomic mass is 35.5. The summed E-state index contributed by atoms with van der Waals surface area (Å²) < 4.78 is 21.4. The van der Waals surface area contributed by atoms with Gasteiger partial charge < -0.3 is 18.9 Å². The SMILES string of the molecule is COc1ccc(C(=O)CC(C(=O)c2ccc(Cl)cc2)c2ccc3c(c2)OCO3)c(OC)c1. The Kier molecular flexibility index (Phi) is 6.32. The monoisotopic (exact) mass is 452 g/mol. The van der Waals surface area contributed by atoms with Crippen LogP contribution in [0.5, 0.6) is 23.0 Å². The van der Waals surface area contributed by atoms with Gasteiger partial charge in [-0.25, -0.2) is 0 Å². The molecule has 3 aromatic carbocycles. The molecule has 0 amide bonds. The summed E-state index contributed by atoms with van der Waals surface area (Å²) in [5.41, 5.74) is 1.50. The van der Waals surface area contributed by atoms with Gasteiger partial charge in [-0.15, -0.1) is 0 Å². The van der Waals surface area contributed by atoms with Crippen LogP contribution in [0, 0.1) is 0 Å². The number of ketones is 2. The van der Waals surface area contributed by atoms with E-state index in [-0.39, 0.29) is 24.8 Å². The van der Waals surface area contributed by atoms with Crippen LogP contribution in [-0.2, 0) is 0 Å². The fourth-order valence-electron chi connectivity index (χ4n) is 3.63. The maximum absolute atomic E-state index is 13.5. The van der Waals surface area contributed by atoms with Crippen molar-refractivity contribution in [2.45, 2.75) is 12.3 Å². The Labute approximate surface area is 190 Å². The van der Waals surface area contributed by atoms with Crippen molar-refractivity contribution in [2.24, 2.45) is 0 Å². The molecule has 0 aliphatic carbocycles. The molecule has 0 aromatic heterocycles. The molecular formula is C25H21ClO6. The molecule has 6 nitrogen and oxygen atoms in total. The Morgan fingerprint density at radius 1 is 0.938 bits per heavy atom. The van der Waals surface area contributed by atoms with Crippen molar-refractivity contribution in [3.05, 3.63) is 82.4 Å². The van der Waals surface area contributed by atoms with Crippen LogP contribution in [0.25, 0.3) is 0 Å². The third-order valence-electron chi connectivity index (χ3n) is 5.34. The topological polar surface area (TPSA) is 71.1 Å². The number of hydrogen-bond donors (Lipinski definition) is 0. The largest absolute Gasteiger partial charge is 0.497 e. The van der Waals surface area contributed by atoms with Crippen LogP contribution in [0.2, 0.25) is 5.02 Å². The van der Waals surface area contributed by atoms with Crippen LogP contribution in [0.4, 0.5) is 0 Å². The molecule has 0 saturated heterocycles. The smallest absolute Gasteiger partial charge is 0.231 e. The summed E-state index contributed by atoms with van der Waals surface area (Å²) in [5, 5.41) is 0.528. The average Bonchev–Trinajstić information content (AvgIpc) is 3.30. The van der Waals surface area contributed by atoms with Crippen molar-refractivity contribution in [2.75, 3.05) is 21.0 Å². The van der Waals surface area contributed by atoms with E-state index in [1.165, 1.54) is 14.2 Å². The van der Waals surface area contributed by atoms with Gasteiger partial charge in [0.15, 0.2) is 23.1 Å². The molecule has 0 spiro atoms. The minimum absolute atomic E-state index is 0.0518. The Morgan fingerprint density at radius 2 is 1.69 bits per heavy atom. The van der Waals surface area contributed by atoms with Gasteiger partial charge in [-0.05, 0) is 54.1 Å². The van der Waals surface area contributed by atoms with Crippen LogP contribution in [0.3, 0.4) is 0 Å². The number of rotatable bonds is 8. The first-order valence-electron chi connectivity index (χ1n) is 9.94. The zero-order chi connectivity index (χ0) is 22.7. The number of methoxy groups -OCH3 is 2. The predicted molar refractivity (Wildman–Crippen MR) is 120 cm³/mol. The van der Waals surface area contributed by atoms with E-state index >= 15 is 0 Å². The van der Waals surface area contributed by atoms with Crippen molar-refractivity contribution < 1.29 is 28.5 Å². The number of halogens is 1. The lowest BCUT2D eigenvalue weighted by atomic mass is 9.85. The second-order valence-electron chi connectivity index (χ2n) is 7.23. The van der Waals surface area contributed by atoms with E-state index in [0.29, 0.717) is 44.7 Å². The molecule has 0 radical (unpaired) electrons. The van der Waals surface area contributed by atoms with Crippen LogP contribution >= 0.6 is 11.6 Å². The highest BCUT2D eigenvalue weighted by Gasteiger charge is 2.28. The van der Waals surface area contributed by atoms with Gasteiger partial charge in [-0.1, -0.05) is 17.7 Å². The lowest BCUT2D eigenvalue weighted by Gasteiger charge is -2.18. The summed E-state index contributed by atoms with van der Waals surface area (Å²) >= 11 is 5.98. The van der Waals surface area contributed by atoms with E-state index in [1.807, 2.05) is 0 Å². The lowest BCUT2D eigenvalue weighted by Crippen LogP contribution is -2.18. The number of Topliss-reactive ketones (excluding diaryl/α,β-unsaturated/α-hetero) is 2. The van der Waals surface area contributed by atoms with Gasteiger partial charge in [0, 0.05) is 23.1 Å². The molecule has 1 aliphatic heterocycles. The molecule has 164 valence electrons. The summed E-state index contributed by atoms with van der Waals surface area (Å²) in [6, 6.07) is 16.9. The number of fused-ring (bicyclic) bond motifs is 1. The molecule has 0 saturated carbocycles. The van der Waals surface area contributed by atoms with Gasteiger partial charge >= 0.3 is 0 Å². The van der Waals surface area contributed by atoms with E-state index in [9.17, 15) is 9.59 Å². The fourth-order valence-corrected chi connectivity index (χ4v) is 3.76. The second kappa shape index (κ2) is 9.32. The molecular weight excluding hydrogens is 432 g/mol. The summed E-state index contributed by atoms with van der Waals surface area (Å²) in [6.45, 7) is 0.122. The summed E-state index contributed by atoms with van der Waals surface area (Å²) in [6.07, 6.45) is -0.0518. The van der Waals surface area contributed by atoms with E-state index in [1.54, 1.807) is 60.7 Å². The third-order valence-corrected chi connectivity index (χ3v) is 5.59. The first-order chi connectivity index (χ1) is 15.5. The summed E-state index contributed by atoms with van der Waals surface area (Å²) in [4.78, 5) is 26.7. The van der Waals surface area contributed by atoms with Crippen molar-refractivity contribution in [1.29, 1.82) is 0 Å². The average molecular weight is 453 g/mol. The van der Waals surface area contributed by atoms with E-state index < -0.39 is 5.92 Å². The second-order valence-corrected chi connectivity index (χ2v) is 7.67. The van der Waals surface area contributed by atoms with E-state index in [0.717, 1.165) is 0 Å². The molecule has 3 aromatic rings. The van der Waals surface area contributed by atoms with Gasteiger partial charge in [-0.3, -0.25) is 9.59 Å². The molecule has 1 heterocycles. The van der Waals surface area contributed by atoms with Crippen molar-refractivity contribution in [3.8, 4) is 23.0 Å². The van der Waals surface area contributed by atoms with Gasteiger partial charge in [0.05, 0.1) is 25.7 Å². The maximum Gasteiger partial charge on any atom is 0.231 e. The van der Waals surface area contributed by atoms with Gasteiger partial charge in [0.25, 0.3) is 0 Å². The number of benzene rings is 3. The Morgan fingerprint density at radius 3 is 2.41 bits per heavy atom. The van der Waals surface area contributed by atoms with Gasteiger partial charge in [0.2, 0.25) is 6.79 Å². The van der Waals surface area contributed by atoms with Gasteiger partial charge in [0.1, 0.15) is 11.5 Å². The molecule has 4 rings (SSSR count). The number of hydrogen-bond acceptors (Lipinski definition) is 6. The Balaban J connectivity index is 1.70. The molecule has 1 aliphatic rings. The zero-order valence-electron chi connectivity index (χ0n) is 17.6. The minimum Gasteiger partial charge on any atom is -0.497 e. The highest BCUT2D eigenvalue weighted by Crippen LogP contribution is 2.37. The first-order valence-corrected chi connectivity index (χ1v) is 10.3. The molecule has 0 bridgehead atoms. The minimum atomic E-state index is -0.731. The molecule has 32 heavy (non-hydrogen) atoms. The summed E-state index contributed by atoms with van der Waals surface area (Å²) in [7, 11) is 3.02. The third kappa shape index (κ3) is 4.41. The first kappa shape index (κ1) is 21.7. The number of carbonyl (C=O) groups is 2. The van der Waals surface area contributed by atoms with E-state index in [2.05, 4.69) is 0 Å². The van der Waals surface area contributed by atoms with Crippen molar-refractivity contribution in [1.82, 2.24) is 0 Å². The quantitative estimate of drug-likeness (QED) is 0.430. The molecule has 1 atom stereocenters. The Bertz CT molecular complexity index is 1160. The standard InChI is InChI=1S/C25H21ClO6/c1-29-18-8-9-19(23(12-18)30-2)21(27)13-20(25(28)15-3-6-17(26)7-4-15)16-5-10-22-24(11-16)32-14-31-22/h3-12,20H,13-14H2,1-2H3. The highest BCUT2D eigenvalue weighted by molar-refractivity contribution is 6.30. The number of carbonyl (C=O) groups excluding carboxylic acids is 2. The summed E-state index contributed by atoms with van der Waals surface area (Å²) in [5.74, 6) is 0.960. The molecule has 0 N–H and O–H groups in total. The normalized spacial score (nSPS) is 12.8. The van der Waals surface area contributed by atoms with Crippen molar-refractivity contribution in [3.63, 3.8) is 0 Å². The van der Waals surface area contributed by atoms with Crippen LogP contribution < -0.4 is 18.9 Å². The molecule has 1 unspecified atom stereocenters. The Hall–Kier alpha value is -3.51. The number of ether oxygens (including phenoxy) is 4. The van der Waals surface area contributed by atoms with Crippen LogP contribution in [-0.4, -0.2) is 32.6 Å². The molecule has 7 heteroatoms. The van der Waals surface area contributed by atoms with Gasteiger partial charge in [-0.2, -0.15) is 0 Å². The molecule has 0 fully saturated rings.